The SMILES string of the molecule is CCOCCCN1CC2(CCCC2)NCC1(CC)CC. The standard InChI is InChI=1S/C17H34N2O/c1-4-17(5-2)14-18-16(10-7-8-11-16)15-19(17)12-9-13-20-6-3/h18H,4-15H2,1-3H3. The molecule has 3 heteroatoms. The molecule has 20 heavy (non-hydrogen) atoms. The Labute approximate surface area is 125 Å². The second-order valence-electron chi connectivity index (χ2n) is 6.74. The number of nitrogens with one attached hydrogen (secondary N) is 1. The molecular formula is C17H34N2O. The Morgan fingerprint density at radius 2 is 1.80 bits per heavy atom. The second kappa shape index (κ2) is 7.24. The van der Waals surface area contributed by atoms with Gasteiger partial charge in [-0.1, -0.05) is 26.7 Å². The van der Waals surface area contributed by atoms with Crippen molar-refractivity contribution in [3.05, 3.63) is 0 Å². The number of ether oxygens (including phenoxy) is 1. The summed E-state index contributed by atoms with van der Waals surface area (Å²) >= 11 is 0. The number of nitrogens with zero attached hydrogens (tertiary/aromatic N) is 1. The molecule has 0 bridgehead atoms. The zero-order valence-corrected chi connectivity index (χ0v) is 13.8. The van der Waals surface area contributed by atoms with Crippen LogP contribution in [-0.2, 0) is 4.74 Å². The van der Waals surface area contributed by atoms with Crippen LogP contribution in [0.25, 0.3) is 0 Å². The van der Waals surface area contributed by atoms with Crippen molar-refractivity contribution in [2.24, 2.45) is 0 Å². The third-order valence-corrected chi connectivity index (χ3v) is 5.75. The molecule has 2 rings (SSSR count). The summed E-state index contributed by atoms with van der Waals surface area (Å²) in [6.07, 6.45) is 9.24. The first-order chi connectivity index (χ1) is 9.70. The van der Waals surface area contributed by atoms with Crippen molar-refractivity contribution in [1.29, 1.82) is 0 Å². The maximum absolute atomic E-state index is 5.53. The van der Waals surface area contributed by atoms with Crippen molar-refractivity contribution in [3.8, 4) is 0 Å². The largest absolute Gasteiger partial charge is 0.382 e. The smallest absolute Gasteiger partial charge is 0.0478 e. The highest BCUT2D eigenvalue weighted by atomic mass is 16.5. The number of rotatable bonds is 7. The summed E-state index contributed by atoms with van der Waals surface area (Å²) in [6.45, 7) is 12.2. The Morgan fingerprint density at radius 1 is 1.10 bits per heavy atom. The summed E-state index contributed by atoms with van der Waals surface area (Å²) < 4.78 is 5.53. The molecule has 3 nitrogen and oxygen atoms in total. The highest BCUT2D eigenvalue weighted by molar-refractivity contribution is 5.06. The molecule has 1 spiro atoms. The van der Waals surface area contributed by atoms with E-state index < -0.39 is 0 Å². The molecule has 0 aromatic heterocycles. The van der Waals surface area contributed by atoms with E-state index in [1.54, 1.807) is 0 Å². The molecule has 118 valence electrons. The van der Waals surface area contributed by atoms with Crippen molar-refractivity contribution in [2.45, 2.75) is 76.8 Å². The molecule has 1 heterocycles. The van der Waals surface area contributed by atoms with Crippen LogP contribution in [0.4, 0.5) is 0 Å². The molecular weight excluding hydrogens is 248 g/mol. The lowest BCUT2D eigenvalue weighted by atomic mass is 9.82. The maximum Gasteiger partial charge on any atom is 0.0478 e. The van der Waals surface area contributed by atoms with Crippen LogP contribution in [0.2, 0.25) is 0 Å². The Morgan fingerprint density at radius 3 is 2.40 bits per heavy atom. The van der Waals surface area contributed by atoms with Crippen molar-refractivity contribution in [3.63, 3.8) is 0 Å². The molecule has 0 atom stereocenters. The van der Waals surface area contributed by atoms with Crippen LogP contribution in [0.3, 0.4) is 0 Å². The van der Waals surface area contributed by atoms with Crippen molar-refractivity contribution < 1.29 is 4.74 Å². The van der Waals surface area contributed by atoms with E-state index in [2.05, 4.69) is 31.0 Å². The minimum atomic E-state index is 0.375. The summed E-state index contributed by atoms with van der Waals surface area (Å²) in [6, 6.07) is 0. The molecule has 2 fully saturated rings. The van der Waals surface area contributed by atoms with E-state index >= 15 is 0 Å². The molecule has 1 N–H and O–H groups in total. The fraction of sp³-hybridized carbons (Fsp3) is 1.00. The van der Waals surface area contributed by atoms with Gasteiger partial charge in [0.05, 0.1) is 0 Å². The van der Waals surface area contributed by atoms with E-state index in [9.17, 15) is 0 Å². The number of hydrogen-bond acceptors (Lipinski definition) is 3. The van der Waals surface area contributed by atoms with Crippen LogP contribution in [0.1, 0.15) is 65.7 Å². The van der Waals surface area contributed by atoms with Crippen molar-refractivity contribution >= 4 is 0 Å². The van der Waals surface area contributed by atoms with Gasteiger partial charge < -0.3 is 10.1 Å². The van der Waals surface area contributed by atoms with Crippen molar-refractivity contribution in [1.82, 2.24) is 10.2 Å². The Kier molecular flexibility index (Phi) is 5.88. The average Bonchev–Trinajstić information content (AvgIpc) is 2.93. The van der Waals surface area contributed by atoms with Gasteiger partial charge in [-0.3, -0.25) is 4.90 Å². The summed E-state index contributed by atoms with van der Waals surface area (Å²) in [5, 5.41) is 3.95. The molecule has 0 radical (unpaired) electrons. The first-order valence-electron chi connectivity index (χ1n) is 8.78. The van der Waals surface area contributed by atoms with Gasteiger partial charge in [-0.15, -0.1) is 0 Å². The first-order valence-corrected chi connectivity index (χ1v) is 8.78. The van der Waals surface area contributed by atoms with Crippen LogP contribution in [0.5, 0.6) is 0 Å². The zero-order valence-electron chi connectivity index (χ0n) is 13.8. The van der Waals surface area contributed by atoms with Gasteiger partial charge in [-0.05, 0) is 39.0 Å². The first kappa shape index (κ1) is 16.3. The second-order valence-corrected chi connectivity index (χ2v) is 6.74. The van der Waals surface area contributed by atoms with Crippen LogP contribution >= 0.6 is 0 Å². The topological polar surface area (TPSA) is 24.5 Å². The lowest BCUT2D eigenvalue weighted by Gasteiger charge is -2.54. The molecule has 1 aliphatic heterocycles. The van der Waals surface area contributed by atoms with Gasteiger partial charge in [-0.2, -0.15) is 0 Å². The van der Waals surface area contributed by atoms with Crippen LogP contribution in [0, 0.1) is 0 Å². The molecule has 0 unspecified atom stereocenters. The third kappa shape index (κ3) is 3.37. The lowest BCUT2D eigenvalue weighted by molar-refractivity contribution is -0.00607. The quantitative estimate of drug-likeness (QED) is 0.726. The fourth-order valence-electron chi connectivity index (χ4n) is 4.20. The lowest BCUT2D eigenvalue weighted by Crippen LogP contribution is -2.69. The van der Waals surface area contributed by atoms with Crippen molar-refractivity contribution in [2.75, 3.05) is 32.8 Å². The van der Waals surface area contributed by atoms with E-state index in [1.165, 1.54) is 64.6 Å². The maximum atomic E-state index is 5.53. The Hall–Kier alpha value is -0.120. The molecule has 1 aliphatic carbocycles. The van der Waals surface area contributed by atoms with Gasteiger partial charge in [0.25, 0.3) is 0 Å². The van der Waals surface area contributed by atoms with Gasteiger partial charge in [0, 0.05) is 43.9 Å². The van der Waals surface area contributed by atoms with E-state index in [-0.39, 0.29) is 0 Å². The third-order valence-electron chi connectivity index (χ3n) is 5.75. The average molecular weight is 282 g/mol. The van der Waals surface area contributed by atoms with E-state index in [1.807, 2.05) is 0 Å². The predicted octanol–water partition coefficient (Wildman–Crippen LogP) is 3.19. The van der Waals surface area contributed by atoms with Crippen LogP contribution in [-0.4, -0.2) is 48.8 Å². The van der Waals surface area contributed by atoms with E-state index in [0.29, 0.717) is 11.1 Å². The summed E-state index contributed by atoms with van der Waals surface area (Å²) in [4.78, 5) is 2.80. The number of hydrogen-bond donors (Lipinski definition) is 1. The summed E-state index contributed by atoms with van der Waals surface area (Å²) in [5.74, 6) is 0. The molecule has 1 saturated heterocycles. The highest BCUT2D eigenvalue weighted by Gasteiger charge is 2.46. The molecule has 0 aromatic carbocycles. The fourth-order valence-corrected chi connectivity index (χ4v) is 4.20. The van der Waals surface area contributed by atoms with Crippen LogP contribution < -0.4 is 5.32 Å². The van der Waals surface area contributed by atoms with E-state index in [0.717, 1.165) is 13.2 Å². The van der Waals surface area contributed by atoms with Gasteiger partial charge >= 0.3 is 0 Å². The van der Waals surface area contributed by atoms with Gasteiger partial charge in [0.1, 0.15) is 0 Å². The van der Waals surface area contributed by atoms with E-state index in [4.69, 9.17) is 4.74 Å². The highest BCUT2D eigenvalue weighted by Crippen LogP contribution is 2.38. The molecule has 0 amide bonds. The molecule has 1 saturated carbocycles. The van der Waals surface area contributed by atoms with Crippen LogP contribution in [0.15, 0.2) is 0 Å². The summed E-state index contributed by atoms with van der Waals surface area (Å²) in [5.41, 5.74) is 0.805. The number of piperazine rings is 1. The normalized spacial score (nSPS) is 25.4. The minimum Gasteiger partial charge on any atom is -0.382 e. The monoisotopic (exact) mass is 282 g/mol. The zero-order chi connectivity index (χ0) is 14.5. The Bertz CT molecular complexity index is 283. The Balaban J connectivity index is 1.98. The minimum absolute atomic E-state index is 0.375. The molecule has 0 aromatic rings. The van der Waals surface area contributed by atoms with Gasteiger partial charge in [-0.25, -0.2) is 0 Å². The summed E-state index contributed by atoms with van der Waals surface area (Å²) in [7, 11) is 0. The van der Waals surface area contributed by atoms with Gasteiger partial charge in [0.2, 0.25) is 0 Å². The van der Waals surface area contributed by atoms with Gasteiger partial charge in [0.15, 0.2) is 0 Å². The molecule has 2 aliphatic rings. The predicted molar refractivity (Wildman–Crippen MR) is 85.2 cm³/mol.